The first-order valence-electron chi connectivity index (χ1n) is 8.78. The summed E-state index contributed by atoms with van der Waals surface area (Å²) in [6.07, 6.45) is 4.92. The van der Waals surface area contributed by atoms with Crippen LogP contribution in [0.5, 0.6) is 0 Å². The number of hydrogen-bond acceptors (Lipinski definition) is 2. The predicted octanol–water partition coefficient (Wildman–Crippen LogP) is 5.33. The van der Waals surface area contributed by atoms with Crippen LogP contribution in [0, 0.1) is 0 Å². The fourth-order valence-corrected chi connectivity index (χ4v) is 3.79. The maximum absolute atomic E-state index is 11.9. The van der Waals surface area contributed by atoms with Gasteiger partial charge in [0.2, 0.25) is 0 Å². The van der Waals surface area contributed by atoms with Crippen molar-refractivity contribution in [1.82, 2.24) is 5.32 Å². The van der Waals surface area contributed by atoms with Crippen molar-refractivity contribution in [2.24, 2.45) is 0 Å². The molecule has 1 heterocycles. The molecule has 0 amide bonds. The number of halogens is 1. The van der Waals surface area contributed by atoms with Gasteiger partial charge in [-0.25, -0.2) is 0 Å². The average Bonchev–Trinajstić information content (AvgIpc) is 3.30. The van der Waals surface area contributed by atoms with E-state index in [0.717, 1.165) is 42.7 Å². The average molecular weight is 332 g/mol. The Balaban J connectivity index is 1.73. The normalized spacial score (nSPS) is 25.7. The van der Waals surface area contributed by atoms with E-state index in [-0.39, 0.29) is 0 Å². The van der Waals surface area contributed by atoms with Crippen LogP contribution >= 0.6 is 11.6 Å². The SMILES string of the molecule is CCC(C)c1ccc(Cl)c(C2NC2CC2=C(C)C(=O)CCC2)c1. The summed E-state index contributed by atoms with van der Waals surface area (Å²) in [5.41, 5.74) is 4.93. The molecular weight excluding hydrogens is 306 g/mol. The minimum absolute atomic E-state index is 0.334. The Morgan fingerprint density at radius 2 is 2.13 bits per heavy atom. The molecule has 1 aliphatic heterocycles. The monoisotopic (exact) mass is 331 g/mol. The van der Waals surface area contributed by atoms with Crippen molar-refractivity contribution >= 4 is 17.4 Å². The quantitative estimate of drug-likeness (QED) is 0.741. The predicted molar refractivity (Wildman–Crippen MR) is 96.0 cm³/mol. The third-order valence-corrected chi connectivity index (χ3v) is 5.86. The van der Waals surface area contributed by atoms with Crippen molar-refractivity contribution in [3.8, 4) is 0 Å². The van der Waals surface area contributed by atoms with E-state index in [9.17, 15) is 4.79 Å². The summed E-state index contributed by atoms with van der Waals surface area (Å²) in [6, 6.07) is 7.20. The zero-order valence-corrected chi connectivity index (χ0v) is 15.0. The van der Waals surface area contributed by atoms with Crippen LogP contribution < -0.4 is 5.32 Å². The van der Waals surface area contributed by atoms with E-state index in [0.29, 0.717) is 23.8 Å². The number of nitrogens with one attached hydrogen (secondary N) is 1. The molecule has 3 rings (SSSR count). The third kappa shape index (κ3) is 3.54. The Labute approximate surface area is 144 Å². The fourth-order valence-electron chi connectivity index (χ4n) is 3.56. The van der Waals surface area contributed by atoms with Crippen molar-refractivity contribution < 1.29 is 4.79 Å². The number of rotatable bonds is 5. The lowest BCUT2D eigenvalue weighted by molar-refractivity contribution is -0.116. The zero-order valence-electron chi connectivity index (χ0n) is 14.3. The highest BCUT2D eigenvalue weighted by Gasteiger charge is 2.39. The van der Waals surface area contributed by atoms with Gasteiger partial charge < -0.3 is 5.32 Å². The minimum atomic E-state index is 0.334. The van der Waals surface area contributed by atoms with Crippen molar-refractivity contribution in [2.75, 3.05) is 0 Å². The van der Waals surface area contributed by atoms with Gasteiger partial charge in [-0.05, 0) is 61.3 Å². The second-order valence-corrected chi connectivity index (χ2v) is 7.46. The number of hydrogen-bond donors (Lipinski definition) is 1. The lowest BCUT2D eigenvalue weighted by Crippen LogP contribution is -2.11. The summed E-state index contributed by atoms with van der Waals surface area (Å²) >= 11 is 6.43. The molecule has 1 aromatic rings. The Morgan fingerprint density at radius 1 is 1.35 bits per heavy atom. The van der Waals surface area contributed by atoms with Crippen LogP contribution in [-0.2, 0) is 4.79 Å². The molecule has 3 unspecified atom stereocenters. The fraction of sp³-hybridized carbons (Fsp3) is 0.550. The molecule has 0 radical (unpaired) electrons. The van der Waals surface area contributed by atoms with Crippen LogP contribution in [0.1, 0.15) is 76.0 Å². The van der Waals surface area contributed by atoms with Gasteiger partial charge in [0, 0.05) is 23.5 Å². The standard InChI is InChI=1S/C20H26ClNO/c1-4-12(2)14-8-9-17(21)16(10-14)20-18(22-20)11-15-6-5-7-19(23)13(15)3/h8-10,12,18,20,22H,4-7,11H2,1-3H3. The summed E-state index contributed by atoms with van der Waals surface area (Å²) in [7, 11) is 0. The van der Waals surface area contributed by atoms with Gasteiger partial charge in [0.05, 0.1) is 0 Å². The number of carbonyl (C=O) groups is 1. The van der Waals surface area contributed by atoms with E-state index in [1.54, 1.807) is 0 Å². The van der Waals surface area contributed by atoms with E-state index in [4.69, 9.17) is 11.6 Å². The van der Waals surface area contributed by atoms with E-state index < -0.39 is 0 Å². The van der Waals surface area contributed by atoms with Gasteiger partial charge >= 0.3 is 0 Å². The highest BCUT2D eigenvalue weighted by molar-refractivity contribution is 6.31. The topological polar surface area (TPSA) is 39.0 Å². The van der Waals surface area contributed by atoms with E-state index >= 15 is 0 Å². The van der Waals surface area contributed by atoms with E-state index in [1.807, 2.05) is 13.0 Å². The van der Waals surface area contributed by atoms with Crippen LogP contribution in [-0.4, -0.2) is 11.8 Å². The van der Waals surface area contributed by atoms with E-state index in [1.165, 1.54) is 16.7 Å². The molecule has 0 aromatic heterocycles. The van der Waals surface area contributed by atoms with Gasteiger partial charge in [-0.15, -0.1) is 0 Å². The second kappa shape index (κ2) is 6.78. The molecule has 1 fully saturated rings. The van der Waals surface area contributed by atoms with Gasteiger partial charge in [0.1, 0.15) is 0 Å². The first-order chi connectivity index (χ1) is 11.0. The molecule has 1 saturated heterocycles. The molecule has 23 heavy (non-hydrogen) atoms. The molecule has 0 bridgehead atoms. The Kier molecular flexibility index (Phi) is 4.93. The van der Waals surface area contributed by atoms with Gasteiger partial charge in [0.25, 0.3) is 0 Å². The molecule has 0 spiro atoms. The molecule has 2 aliphatic rings. The number of carbonyl (C=O) groups excluding carboxylic acids is 1. The van der Waals surface area contributed by atoms with Gasteiger partial charge in [0.15, 0.2) is 5.78 Å². The maximum atomic E-state index is 11.9. The Bertz CT molecular complexity index is 649. The van der Waals surface area contributed by atoms with Crippen LogP contribution in [0.4, 0.5) is 0 Å². The Hall–Kier alpha value is -1.12. The molecule has 1 aromatic carbocycles. The van der Waals surface area contributed by atoms with Crippen LogP contribution in [0.3, 0.4) is 0 Å². The van der Waals surface area contributed by atoms with Crippen molar-refractivity contribution in [2.45, 2.75) is 70.9 Å². The summed E-state index contributed by atoms with van der Waals surface area (Å²) in [6.45, 7) is 6.46. The molecule has 3 heteroatoms. The number of Topliss-reactive ketones (excluding diaryl/α,β-unsaturated/α-hetero) is 1. The molecule has 2 nitrogen and oxygen atoms in total. The summed E-state index contributed by atoms with van der Waals surface area (Å²) < 4.78 is 0. The lowest BCUT2D eigenvalue weighted by Gasteiger charge is -2.16. The highest BCUT2D eigenvalue weighted by atomic mass is 35.5. The number of benzene rings is 1. The van der Waals surface area contributed by atoms with Crippen LogP contribution in [0.2, 0.25) is 5.02 Å². The molecule has 3 atom stereocenters. The molecule has 124 valence electrons. The smallest absolute Gasteiger partial charge is 0.158 e. The Morgan fingerprint density at radius 3 is 2.87 bits per heavy atom. The van der Waals surface area contributed by atoms with Crippen molar-refractivity contribution in [1.29, 1.82) is 0 Å². The lowest BCUT2D eigenvalue weighted by atomic mass is 9.88. The van der Waals surface area contributed by atoms with Crippen molar-refractivity contribution in [3.63, 3.8) is 0 Å². The molecular formula is C20H26ClNO. The van der Waals surface area contributed by atoms with Gasteiger partial charge in [-0.2, -0.15) is 0 Å². The first kappa shape index (κ1) is 16.7. The van der Waals surface area contributed by atoms with Crippen LogP contribution in [0.15, 0.2) is 29.3 Å². The molecule has 0 saturated carbocycles. The minimum Gasteiger partial charge on any atom is -0.304 e. The van der Waals surface area contributed by atoms with Gasteiger partial charge in [-0.1, -0.05) is 43.2 Å². The molecule has 1 N–H and O–H groups in total. The third-order valence-electron chi connectivity index (χ3n) is 5.52. The first-order valence-corrected chi connectivity index (χ1v) is 9.16. The van der Waals surface area contributed by atoms with Gasteiger partial charge in [-0.3, -0.25) is 4.79 Å². The van der Waals surface area contributed by atoms with Crippen molar-refractivity contribution in [3.05, 3.63) is 45.5 Å². The number of ketones is 1. The summed E-state index contributed by atoms with van der Waals surface area (Å²) in [4.78, 5) is 11.9. The largest absolute Gasteiger partial charge is 0.304 e. The second-order valence-electron chi connectivity index (χ2n) is 7.05. The highest BCUT2D eigenvalue weighted by Crippen LogP contribution is 2.40. The summed E-state index contributed by atoms with van der Waals surface area (Å²) in [5.74, 6) is 0.893. The molecule has 1 aliphatic carbocycles. The van der Waals surface area contributed by atoms with Crippen LogP contribution in [0.25, 0.3) is 0 Å². The van der Waals surface area contributed by atoms with E-state index in [2.05, 4.69) is 31.3 Å². The zero-order chi connectivity index (χ0) is 16.6. The summed E-state index contributed by atoms with van der Waals surface area (Å²) in [5, 5.41) is 4.41. The maximum Gasteiger partial charge on any atom is 0.158 e. The number of allylic oxidation sites excluding steroid dienone is 1.